The van der Waals surface area contributed by atoms with Crippen LogP contribution < -0.4 is 11.1 Å². The van der Waals surface area contributed by atoms with Crippen molar-refractivity contribution in [1.82, 2.24) is 29.9 Å². The summed E-state index contributed by atoms with van der Waals surface area (Å²) < 4.78 is 1.61. The van der Waals surface area contributed by atoms with E-state index in [0.29, 0.717) is 23.9 Å². The predicted molar refractivity (Wildman–Crippen MR) is 90.4 cm³/mol. The van der Waals surface area contributed by atoms with Gasteiger partial charge in [-0.3, -0.25) is 4.98 Å². The van der Waals surface area contributed by atoms with E-state index in [0.717, 1.165) is 16.6 Å². The van der Waals surface area contributed by atoms with Crippen LogP contribution in [0.2, 0.25) is 0 Å². The Kier molecular flexibility index (Phi) is 3.47. The Bertz CT molecular complexity index is 980. The fraction of sp³-hybridized carbons (Fsp3) is 0.0625. The highest BCUT2D eigenvalue weighted by atomic mass is 15.4. The summed E-state index contributed by atoms with van der Waals surface area (Å²) in [4.78, 5) is 12.6. The molecule has 0 aliphatic rings. The fourth-order valence-corrected chi connectivity index (χ4v) is 2.41. The van der Waals surface area contributed by atoms with Gasteiger partial charge in [0.25, 0.3) is 0 Å². The van der Waals surface area contributed by atoms with Crippen LogP contribution in [-0.4, -0.2) is 29.9 Å². The lowest BCUT2D eigenvalue weighted by molar-refractivity contribution is 0.799. The van der Waals surface area contributed by atoms with Crippen LogP contribution in [0, 0.1) is 0 Å². The third-order valence-corrected chi connectivity index (χ3v) is 3.60. The largest absolute Gasteiger partial charge is 0.393 e. The lowest BCUT2D eigenvalue weighted by Gasteiger charge is -2.11. The van der Waals surface area contributed by atoms with Crippen molar-refractivity contribution < 1.29 is 0 Å². The molecule has 0 amide bonds. The van der Waals surface area contributed by atoms with E-state index in [1.165, 1.54) is 6.33 Å². The van der Waals surface area contributed by atoms with Crippen LogP contribution in [0.3, 0.4) is 0 Å². The fourth-order valence-electron chi connectivity index (χ4n) is 2.41. The van der Waals surface area contributed by atoms with Gasteiger partial charge in [-0.05, 0) is 23.8 Å². The number of nitrogens with zero attached hydrogens (tertiary/aromatic N) is 6. The van der Waals surface area contributed by atoms with Gasteiger partial charge in [-0.2, -0.15) is 4.68 Å². The second-order valence-electron chi connectivity index (χ2n) is 5.16. The minimum atomic E-state index is 0.414. The molecule has 3 N–H and O–H groups in total. The van der Waals surface area contributed by atoms with E-state index in [1.807, 2.05) is 36.4 Å². The summed E-state index contributed by atoms with van der Waals surface area (Å²) in [6.45, 7) is 0.562. The van der Waals surface area contributed by atoms with Gasteiger partial charge in [0.05, 0.1) is 5.52 Å². The van der Waals surface area contributed by atoms with Gasteiger partial charge in [0, 0.05) is 18.9 Å². The molecule has 8 heteroatoms. The number of hydrogen-bond acceptors (Lipinski definition) is 7. The van der Waals surface area contributed by atoms with Crippen molar-refractivity contribution in [1.29, 1.82) is 0 Å². The third-order valence-electron chi connectivity index (χ3n) is 3.60. The van der Waals surface area contributed by atoms with E-state index in [-0.39, 0.29) is 0 Å². The first-order valence-electron chi connectivity index (χ1n) is 7.37. The van der Waals surface area contributed by atoms with Crippen molar-refractivity contribution >= 4 is 22.5 Å². The molecule has 118 valence electrons. The molecule has 0 fully saturated rings. The average molecular weight is 318 g/mol. The minimum Gasteiger partial charge on any atom is -0.393 e. The molecule has 1 aromatic carbocycles. The molecule has 3 aromatic heterocycles. The summed E-state index contributed by atoms with van der Waals surface area (Å²) in [6, 6.07) is 11.5. The smallest absolute Gasteiger partial charge is 0.184 e. The van der Waals surface area contributed by atoms with E-state index in [2.05, 4.69) is 30.6 Å². The van der Waals surface area contributed by atoms with Crippen molar-refractivity contribution in [2.24, 2.45) is 0 Å². The van der Waals surface area contributed by atoms with Crippen molar-refractivity contribution in [2.75, 3.05) is 11.1 Å². The zero-order valence-electron chi connectivity index (χ0n) is 12.7. The average Bonchev–Trinajstić information content (AvgIpc) is 3.06. The lowest BCUT2D eigenvalue weighted by atomic mass is 10.3. The van der Waals surface area contributed by atoms with Crippen LogP contribution in [0.1, 0.15) is 5.56 Å². The van der Waals surface area contributed by atoms with Crippen molar-refractivity contribution in [3.05, 3.63) is 60.7 Å². The molecule has 0 saturated heterocycles. The molecule has 3 heterocycles. The Hall–Kier alpha value is -3.55. The Morgan fingerprint density at radius 2 is 2.00 bits per heavy atom. The van der Waals surface area contributed by atoms with Gasteiger partial charge in [0.15, 0.2) is 11.6 Å². The normalized spacial score (nSPS) is 10.8. The van der Waals surface area contributed by atoms with Crippen LogP contribution >= 0.6 is 0 Å². The minimum absolute atomic E-state index is 0.414. The van der Waals surface area contributed by atoms with Crippen LogP contribution in [0.4, 0.5) is 11.5 Å². The molecule has 0 spiro atoms. The first kappa shape index (κ1) is 14.1. The molecule has 4 rings (SSSR count). The number of benzene rings is 1. The van der Waals surface area contributed by atoms with Gasteiger partial charge in [-0.15, -0.1) is 5.10 Å². The van der Waals surface area contributed by atoms with Gasteiger partial charge < -0.3 is 11.1 Å². The standard InChI is InChI=1S/C16H14N8/c17-14-15(19-9-11-4-3-7-18-8-11)20-10-21-16(14)24-13-6-2-1-5-12(13)22-23-24/h1-8,10H,9,17H2,(H,19,20,21). The first-order valence-corrected chi connectivity index (χ1v) is 7.37. The Labute approximate surface area is 137 Å². The highest BCUT2D eigenvalue weighted by Gasteiger charge is 2.13. The summed E-state index contributed by atoms with van der Waals surface area (Å²) in [6.07, 6.45) is 4.97. The molecule has 0 aliphatic heterocycles. The van der Waals surface area contributed by atoms with E-state index in [1.54, 1.807) is 17.1 Å². The molecule has 24 heavy (non-hydrogen) atoms. The van der Waals surface area contributed by atoms with E-state index < -0.39 is 0 Å². The zero-order valence-corrected chi connectivity index (χ0v) is 12.7. The SMILES string of the molecule is Nc1c(NCc2cccnc2)ncnc1-n1nnc2ccccc21. The topological polar surface area (TPSA) is 107 Å². The van der Waals surface area contributed by atoms with Crippen LogP contribution in [0.25, 0.3) is 16.9 Å². The highest BCUT2D eigenvalue weighted by Crippen LogP contribution is 2.24. The van der Waals surface area contributed by atoms with E-state index in [4.69, 9.17) is 5.73 Å². The summed E-state index contributed by atoms with van der Waals surface area (Å²) in [5.41, 5.74) is 9.30. The number of nitrogens with two attached hydrogens (primary N) is 1. The molecule has 0 atom stereocenters. The maximum atomic E-state index is 6.24. The quantitative estimate of drug-likeness (QED) is 0.590. The molecule has 0 bridgehead atoms. The Morgan fingerprint density at radius 1 is 1.08 bits per heavy atom. The summed E-state index contributed by atoms with van der Waals surface area (Å²) in [5, 5.41) is 11.5. The van der Waals surface area contributed by atoms with Crippen LogP contribution in [0.5, 0.6) is 0 Å². The number of rotatable bonds is 4. The van der Waals surface area contributed by atoms with Crippen molar-refractivity contribution in [3.63, 3.8) is 0 Å². The molecule has 0 radical (unpaired) electrons. The maximum absolute atomic E-state index is 6.24. The second kappa shape index (κ2) is 5.92. The maximum Gasteiger partial charge on any atom is 0.184 e. The number of para-hydroxylation sites is 1. The number of nitrogens with one attached hydrogen (secondary N) is 1. The van der Waals surface area contributed by atoms with E-state index in [9.17, 15) is 0 Å². The number of hydrogen-bond donors (Lipinski definition) is 2. The Morgan fingerprint density at radius 3 is 2.88 bits per heavy atom. The molecular weight excluding hydrogens is 304 g/mol. The molecular formula is C16H14N8. The molecule has 8 nitrogen and oxygen atoms in total. The summed E-state index contributed by atoms with van der Waals surface area (Å²) in [5.74, 6) is 1.04. The number of nitrogen functional groups attached to an aromatic ring is 1. The first-order chi connectivity index (χ1) is 11.8. The molecule has 0 saturated carbocycles. The van der Waals surface area contributed by atoms with Gasteiger partial charge in [0.1, 0.15) is 17.5 Å². The highest BCUT2D eigenvalue weighted by molar-refractivity contribution is 5.78. The van der Waals surface area contributed by atoms with Gasteiger partial charge in [0.2, 0.25) is 0 Å². The van der Waals surface area contributed by atoms with E-state index >= 15 is 0 Å². The van der Waals surface area contributed by atoms with Crippen LogP contribution in [-0.2, 0) is 6.54 Å². The molecule has 0 aliphatic carbocycles. The van der Waals surface area contributed by atoms with Gasteiger partial charge >= 0.3 is 0 Å². The number of anilines is 2. The lowest BCUT2D eigenvalue weighted by Crippen LogP contribution is -2.10. The second-order valence-corrected chi connectivity index (χ2v) is 5.16. The monoisotopic (exact) mass is 318 g/mol. The predicted octanol–water partition coefficient (Wildman–Crippen LogP) is 1.80. The van der Waals surface area contributed by atoms with Crippen molar-refractivity contribution in [3.8, 4) is 5.82 Å². The summed E-state index contributed by atoms with van der Waals surface area (Å²) in [7, 11) is 0. The number of fused-ring (bicyclic) bond motifs is 1. The summed E-state index contributed by atoms with van der Waals surface area (Å²) >= 11 is 0. The third kappa shape index (κ3) is 2.50. The van der Waals surface area contributed by atoms with Gasteiger partial charge in [-0.1, -0.05) is 23.4 Å². The number of aromatic nitrogens is 6. The van der Waals surface area contributed by atoms with Gasteiger partial charge in [-0.25, -0.2) is 9.97 Å². The number of pyridine rings is 1. The molecule has 0 unspecified atom stereocenters. The Balaban J connectivity index is 1.68. The molecule has 4 aromatic rings. The zero-order chi connectivity index (χ0) is 16.4. The van der Waals surface area contributed by atoms with Crippen molar-refractivity contribution in [2.45, 2.75) is 6.54 Å². The van der Waals surface area contributed by atoms with Crippen LogP contribution in [0.15, 0.2) is 55.1 Å².